The maximum atomic E-state index is 5.58. The molecule has 0 atom stereocenters. The number of hydrogen-bond acceptors (Lipinski definition) is 11. The Balaban J connectivity index is 3.02. The third-order valence-electron chi connectivity index (χ3n) is 5.55. The molecular formula is C31H60O11. The fourth-order valence-corrected chi connectivity index (χ4v) is 3.31. The maximum absolute atomic E-state index is 5.58. The van der Waals surface area contributed by atoms with Crippen LogP contribution in [-0.4, -0.2) is 145 Å². The van der Waals surface area contributed by atoms with E-state index in [9.17, 15) is 0 Å². The fraction of sp³-hybridized carbons (Fsp3) is 0.935. The van der Waals surface area contributed by atoms with Crippen LogP contribution < -0.4 is 0 Å². The Bertz CT molecular complexity index is 520. The Morgan fingerprint density at radius 1 is 0.310 bits per heavy atom. The minimum absolute atomic E-state index is 0.311. The predicted molar refractivity (Wildman–Crippen MR) is 161 cm³/mol. The molecule has 0 aliphatic heterocycles. The lowest BCUT2D eigenvalue weighted by Crippen LogP contribution is -2.15. The van der Waals surface area contributed by atoms with Gasteiger partial charge in [0.2, 0.25) is 0 Å². The molecule has 0 aromatic carbocycles. The second kappa shape index (κ2) is 40.1. The number of hydrogen-bond donors (Lipinski definition) is 0. The minimum Gasteiger partial charge on any atom is -0.379 e. The highest BCUT2D eigenvalue weighted by Gasteiger charge is 1.96. The second-order valence-electron chi connectivity index (χ2n) is 9.15. The average Bonchev–Trinajstić information content (AvgIpc) is 3.00. The zero-order valence-electron chi connectivity index (χ0n) is 26.4. The Hall–Kier alpha value is -0.880. The number of rotatable bonds is 38. The highest BCUT2D eigenvalue weighted by molar-refractivity contribution is 4.82. The second-order valence-corrected chi connectivity index (χ2v) is 9.15. The quantitative estimate of drug-likeness (QED) is 0.0763. The van der Waals surface area contributed by atoms with Crippen LogP contribution in [0.2, 0.25) is 0 Å². The highest BCUT2D eigenvalue weighted by Crippen LogP contribution is 2.04. The van der Waals surface area contributed by atoms with Crippen molar-refractivity contribution in [3.05, 3.63) is 0 Å². The number of unbranched alkanes of at least 4 members (excludes halogenated alkanes) is 5. The smallest absolute Gasteiger partial charge is 0.107 e. The van der Waals surface area contributed by atoms with E-state index < -0.39 is 0 Å². The first-order valence-electron chi connectivity index (χ1n) is 15.7. The molecule has 11 nitrogen and oxygen atoms in total. The summed E-state index contributed by atoms with van der Waals surface area (Å²) in [5.74, 6) is 2.40. The van der Waals surface area contributed by atoms with Crippen LogP contribution in [0.15, 0.2) is 0 Å². The molecule has 250 valence electrons. The van der Waals surface area contributed by atoms with E-state index in [1.165, 1.54) is 32.1 Å². The third kappa shape index (κ3) is 39.1. The van der Waals surface area contributed by atoms with Gasteiger partial charge in [0.25, 0.3) is 0 Å². The molecule has 0 aromatic heterocycles. The van der Waals surface area contributed by atoms with Crippen molar-refractivity contribution in [2.75, 3.05) is 145 Å². The van der Waals surface area contributed by atoms with E-state index in [-0.39, 0.29) is 0 Å². The van der Waals surface area contributed by atoms with Gasteiger partial charge < -0.3 is 52.1 Å². The van der Waals surface area contributed by atoms with Crippen molar-refractivity contribution in [1.82, 2.24) is 0 Å². The van der Waals surface area contributed by atoms with Gasteiger partial charge in [-0.2, -0.15) is 0 Å². The van der Waals surface area contributed by atoms with Gasteiger partial charge in [0.1, 0.15) is 6.61 Å². The Morgan fingerprint density at radius 2 is 0.548 bits per heavy atom. The van der Waals surface area contributed by atoms with Crippen molar-refractivity contribution in [2.24, 2.45) is 0 Å². The molecule has 0 radical (unpaired) electrons. The van der Waals surface area contributed by atoms with Crippen LogP contribution in [0.3, 0.4) is 0 Å². The molecule has 11 heteroatoms. The molecule has 0 saturated heterocycles. The molecule has 0 aliphatic rings. The summed E-state index contributed by atoms with van der Waals surface area (Å²) in [4.78, 5) is 0. The van der Waals surface area contributed by atoms with Gasteiger partial charge in [0, 0.05) is 6.61 Å². The Kier molecular flexibility index (Phi) is 39.3. The standard InChI is InChI=1S/C31H60O11/c1-3-5-6-7-8-9-11-33-13-15-35-17-19-37-21-23-39-25-27-41-29-31-42-30-28-40-26-24-38-22-20-36-18-16-34-14-12-32-10-4-2/h2H,3,5-31H2,1H3. The van der Waals surface area contributed by atoms with Gasteiger partial charge >= 0.3 is 0 Å². The first kappa shape index (κ1) is 41.1. The van der Waals surface area contributed by atoms with E-state index in [0.29, 0.717) is 139 Å². The van der Waals surface area contributed by atoms with Crippen LogP contribution in [-0.2, 0) is 52.1 Å². The fourth-order valence-electron chi connectivity index (χ4n) is 3.31. The summed E-state index contributed by atoms with van der Waals surface area (Å²) in [6.07, 6.45) is 12.8. The van der Waals surface area contributed by atoms with Crippen molar-refractivity contribution in [1.29, 1.82) is 0 Å². The van der Waals surface area contributed by atoms with Crippen molar-refractivity contribution in [2.45, 2.75) is 45.4 Å². The molecule has 0 unspecified atom stereocenters. The van der Waals surface area contributed by atoms with Gasteiger partial charge in [-0.15, -0.1) is 6.42 Å². The van der Waals surface area contributed by atoms with Gasteiger partial charge in [-0.05, 0) is 6.42 Å². The van der Waals surface area contributed by atoms with Crippen LogP contribution in [0.5, 0.6) is 0 Å². The molecule has 42 heavy (non-hydrogen) atoms. The summed E-state index contributed by atoms with van der Waals surface area (Å²) >= 11 is 0. The van der Waals surface area contributed by atoms with Gasteiger partial charge in [-0.25, -0.2) is 0 Å². The lowest BCUT2D eigenvalue weighted by molar-refractivity contribution is -0.0272. The summed E-state index contributed by atoms with van der Waals surface area (Å²) in [6, 6.07) is 0. The summed E-state index contributed by atoms with van der Waals surface area (Å²) in [7, 11) is 0. The summed E-state index contributed by atoms with van der Waals surface area (Å²) in [6.45, 7) is 14.1. The summed E-state index contributed by atoms with van der Waals surface area (Å²) in [5, 5.41) is 0. The van der Waals surface area contributed by atoms with Gasteiger partial charge in [-0.1, -0.05) is 44.9 Å². The molecule has 0 rings (SSSR count). The first-order chi connectivity index (χ1) is 20.9. The van der Waals surface area contributed by atoms with Crippen molar-refractivity contribution >= 4 is 0 Å². The van der Waals surface area contributed by atoms with Crippen molar-refractivity contribution in [3.8, 4) is 12.3 Å². The molecular weight excluding hydrogens is 548 g/mol. The molecule has 0 bridgehead atoms. The molecule has 0 N–H and O–H groups in total. The SMILES string of the molecule is C#CCOCCOCCOCCOCCOCCOCCOCCOCCOCCOCCOCCCCCCCC. The van der Waals surface area contributed by atoms with E-state index in [4.69, 9.17) is 58.5 Å². The first-order valence-corrected chi connectivity index (χ1v) is 15.7. The molecule has 0 saturated carbocycles. The Morgan fingerprint density at radius 3 is 0.833 bits per heavy atom. The summed E-state index contributed by atoms with van der Waals surface area (Å²) in [5.41, 5.74) is 0. The molecule has 0 fully saturated rings. The third-order valence-corrected chi connectivity index (χ3v) is 5.55. The highest BCUT2D eigenvalue weighted by atomic mass is 16.6. The lowest BCUT2D eigenvalue weighted by atomic mass is 10.1. The minimum atomic E-state index is 0.311. The topological polar surface area (TPSA) is 102 Å². The molecule has 0 spiro atoms. The van der Waals surface area contributed by atoms with E-state index in [1.54, 1.807) is 0 Å². The van der Waals surface area contributed by atoms with E-state index in [0.717, 1.165) is 13.0 Å². The maximum Gasteiger partial charge on any atom is 0.107 e. The van der Waals surface area contributed by atoms with E-state index >= 15 is 0 Å². The predicted octanol–water partition coefficient (Wildman–Crippen LogP) is 3.16. The molecule has 0 amide bonds. The molecule has 0 heterocycles. The molecule has 0 aromatic rings. The monoisotopic (exact) mass is 608 g/mol. The zero-order valence-corrected chi connectivity index (χ0v) is 26.4. The zero-order chi connectivity index (χ0) is 30.3. The van der Waals surface area contributed by atoms with E-state index in [2.05, 4.69) is 12.8 Å². The molecule has 0 aliphatic carbocycles. The average molecular weight is 609 g/mol. The number of ether oxygens (including phenoxy) is 11. The van der Waals surface area contributed by atoms with Crippen LogP contribution in [0.4, 0.5) is 0 Å². The van der Waals surface area contributed by atoms with Crippen LogP contribution in [0.25, 0.3) is 0 Å². The van der Waals surface area contributed by atoms with Crippen molar-refractivity contribution in [3.63, 3.8) is 0 Å². The van der Waals surface area contributed by atoms with Crippen LogP contribution >= 0.6 is 0 Å². The van der Waals surface area contributed by atoms with Gasteiger partial charge in [0.15, 0.2) is 0 Å². The summed E-state index contributed by atoms with van der Waals surface area (Å²) < 4.78 is 59.8. The van der Waals surface area contributed by atoms with Gasteiger partial charge in [-0.3, -0.25) is 0 Å². The van der Waals surface area contributed by atoms with Crippen molar-refractivity contribution < 1.29 is 52.1 Å². The normalized spacial score (nSPS) is 11.3. The number of terminal acetylenes is 1. The van der Waals surface area contributed by atoms with E-state index in [1.807, 2.05) is 0 Å². The Labute approximate surface area is 255 Å². The lowest BCUT2D eigenvalue weighted by Gasteiger charge is -2.09. The van der Waals surface area contributed by atoms with Crippen LogP contribution in [0, 0.1) is 12.3 Å². The van der Waals surface area contributed by atoms with Gasteiger partial charge in [0.05, 0.1) is 132 Å². The van der Waals surface area contributed by atoms with Crippen LogP contribution in [0.1, 0.15) is 45.4 Å². The largest absolute Gasteiger partial charge is 0.379 e.